The summed E-state index contributed by atoms with van der Waals surface area (Å²) in [6.45, 7) is 0.887. The number of aromatic nitrogens is 2. The van der Waals surface area contributed by atoms with E-state index in [2.05, 4.69) is 15.5 Å². The lowest BCUT2D eigenvalue weighted by Crippen LogP contribution is -2.14. The number of hydrogen-bond donors (Lipinski definition) is 1. The quantitative estimate of drug-likeness (QED) is 0.862. The van der Waals surface area contributed by atoms with Gasteiger partial charge >= 0.3 is 0 Å². The van der Waals surface area contributed by atoms with Crippen molar-refractivity contribution in [3.63, 3.8) is 0 Å². The Kier molecular flexibility index (Phi) is 3.20. The summed E-state index contributed by atoms with van der Waals surface area (Å²) in [6.07, 6.45) is 1.93. The van der Waals surface area contributed by atoms with Gasteiger partial charge in [-0.05, 0) is 31.5 Å². The third-order valence-corrected chi connectivity index (χ3v) is 3.34. The first-order valence-corrected chi connectivity index (χ1v) is 6.25. The maximum atomic E-state index is 13.7. The van der Waals surface area contributed by atoms with Gasteiger partial charge in [0.05, 0.1) is 16.6 Å². The summed E-state index contributed by atoms with van der Waals surface area (Å²) < 4.78 is 32.0. The number of rotatable bonds is 2. The van der Waals surface area contributed by atoms with Gasteiger partial charge in [0.1, 0.15) is 11.6 Å². The lowest BCUT2D eigenvalue weighted by Gasteiger charge is -2.02. The number of nitrogens with zero attached hydrogens (tertiary/aromatic N) is 2. The van der Waals surface area contributed by atoms with E-state index in [1.807, 2.05) is 0 Å². The Labute approximate surface area is 112 Å². The Bertz CT molecular complexity index is 611. The normalized spacial score (nSPS) is 19.0. The molecule has 1 fully saturated rings. The molecule has 4 nitrogen and oxygen atoms in total. The largest absolute Gasteiger partial charge is 0.334 e. The molecule has 0 saturated carbocycles. The Morgan fingerprint density at radius 2 is 2.16 bits per heavy atom. The zero-order valence-electron chi connectivity index (χ0n) is 9.79. The highest BCUT2D eigenvalue weighted by Crippen LogP contribution is 2.28. The van der Waals surface area contributed by atoms with Gasteiger partial charge in [-0.25, -0.2) is 8.78 Å². The predicted molar refractivity (Wildman–Crippen MR) is 64.6 cm³/mol. The van der Waals surface area contributed by atoms with Gasteiger partial charge in [0.25, 0.3) is 5.89 Å². The molecule has 1 aromatic heterocycles. The highest BCUT2D eigenvalue weighted by atomic mass is 35.5. The van der Waals surface area contributed by atoms with E-state index < -0.39 is 11.6 Å². The van der Waals surface area contributed by atoms with Crippen molar-refractivity contribution in [2.45, 2.75) is 18.9 Å². The zero-order valence-corrected chi connectivity index (χ0v) is 10.5. The lowest BCUT2D eigenvalue weighted by molar-refractivity contribution is 0.410. The van der Waals surface area contributed by atoms with Gasteiger partial charge in [-0.2, -0.15) is 4.98 Å². The molecule has 1 aromatic carbocycles. The van der Waals surface area contributed by atoms with Crippen LogP contribution < -0.4 is 5.32 Å². The second-order valence-corrected chi connectivity index (χ2v) is 4.76. The molecule has 0 aliphatic carbocycles. The molecular formula is C12H10ClF2N3O. The molecule has 7 heteroatoms. The molecule has 0 spiro atoms. The third kappa shape index (κ3) is 2.33. The summed E-state index contributed by atoms with van der Waals surface area (Å²) in [5.41, 5.74) is -0.0846. The SMILES string of the molecule is Fc1cc(-c2nc(C3CCCN3)no2)c(F)cc1Cl. The van der Waals surface area contributed by atoms with E-state index in [0.29, 0.717) is 5.82 Å². The van der Waals surface area contributed by atoms with Crippen LogP contribution in [-0.4, -0.2) is 16.7 Å². The van der Waals surface area contributed by atoms with Crippen LogP contribution in [0.3, 0.4) is 0 Å². The minimum atomic E-state index is -0.725. The molecule has 0 bridgehead atoms. The summed E-state index contributed by atoms with van der Waals surface area (Å²) in [4.78, 5) is 4.10. The molecule has 100 valence electrons. The zero-order chi connectivity index (χ0) is 13.4. The third-order valence-electron chi connectivity index (χ3n) is 3.05. The summed E-state index contributed by atoms with van der Waals surface area (Å²) in [6, 6.07) is 1.86. The van der Waals surface area contributed by atoms with E-state index >= 15 is 0 Å². The van der Waals surface area contributed by atoms with Crippen molar-refractivity contribution in [1.29, 1.82) is 0 Å². The molecule has 1 N–H and O–H groups in total. The highest BCUT2D eigenvalue weighted by molar-refractivity contribution is 6.30. The monoisotopic (exact) mass is 285 g/mol. The summed E-state index contributed by atoms with van der Waals surface area (Å²) in [5.74, 6) is -1.00. The van der Waals surface area contributed by atoms with Crippen molar-refractivity contribution < 1.29 is 13.3 Å². The van der Waals surface area contributed by atoms with Crippen LogP contribution in [0.5, 0.6) is 0 Å². The Hall–Kier alpha value is -1.53. The molecule has 1 unspecified atom stereocenters. The highest BCUT2D eigenvalue weighted by Gasteiger charge is 2.23. The van der Waals surface area contributed by atoms with Crippen molar-refractivity contribution in [3.05, 3.63) is 34.6 Å². The molecule has 1 aliphatic rings. The molecule has 2 heterocycles. The fourth-order valence-electron chi connectivity index (χ4n) is 2.08. The topological polar surface area (TPSA) is 51.0 Å². The Morgan fingerprint density at radius 1 is 1.32 bits per heavy atom. The van der Waals surface area contributed by atoms with E-state index in [1.54, 1.807) is 0 Å². The Morgan fingerprint density at radius 3 is 2.89 bits per heavy atom. The first-order chi connectivity index (χ1) is 9.15. The van der Waals surface area contributed by atoms with Gasteiger partial charge in [-0.1, -0.05) is 16.8 Å². The van der Waals surface area contributed by atoms with Crippen LogP contribution in [0.15, 0.2) is 16.7 Å². The second kappa shape index (κ2) is 4.86. The standard InChI is InChI=1S/C12H10ClF2N3O/c13-7-5-8(14)6(4-9(7)15)12-17-11(18-19-12)10-2-1-3-16-10/h4-5,10,16H,1-3H2. The van der Waals surface area contributed by atoms with Crippen LogP contribution in [0.1, 0.15) is 24.7 Å². The molecule has 19 heavy (non-hydrogen) atoms. The minimum Gasteiger partial charge on any atom is -0.334 e. The molecule has 3 rings (SSSR count). The molecule has 0 radical (unpaired) electrons. The van der Waals surface area contributed by atoms with Gasteiger partial charge in [0.15, 0.2) is 5.82 Å². The van der Waals surface area contributed by atoms with Gasteiger partial charge in [-0.3, -0.25) is 0 Å². The van der Waals surface area contributed by atoms with Crippen LogP contribution in [0.25, 0.3) is 11.5 Å². The van der Waals surface area contributed by atoms with E-state index in [0.717, 1.165) is 31.5 Å². The molecule has 2 aromatic rings. The number of halogens is 3. The molecule has 1 aliphatic heterocycles. The number of benzene rings is 1. The van der Waals surface area contributed by atoms with Gasteiger partial charge in [-0.15, -0.1) is 0 Å². The summed E-state index contributed by atoms with van der Waals surface area (Å²) >= 11 is 5.49. The van der Waals surface area contributed by atoms with Crippen LogP contribution in [0, 0.1) is 11.6 Å². The molecular weight excluding hydrogens is 276 g/mol. The van der Waals surface area contributed by atoms with Crippen molar-refractivity contribution in [2.24, 2.45) is 0 Å². The van der Waals surface area contributed by atoms with Gasteiger partial charge in [0, 0.05) is 0 Å². The predicted octanol–water partition coefficient (Wildman–Crippen LogP) is 3.09. The van der Waals surface area contributed by atoms with Crippen LogP contribution in [-0.2, 0) is 0 Å². The van der Waals surface area contributed by atoms with Crippen LogP contribution in [0.4, 0.5) is 8.78 Å². The van der Waals surface area contributed by atoms with Crippen molar-refractivity contribution in [3.8, 4) is 11.5 Å². The van der Waals surface area contributed by atoms with E-state index in [4.69, 9.17) is 16.1 Å². The van der Waals surface area contributed by atoms with Crippen molar-refractivity contribution in [1.82, 2.24) is 15.5 Å². The maximum Gasteiger partial charge on any atom is 0.261 e. The van der Waals surface area contributed by atoms with Crippen molar-refractivity contribution >= 4 is 11.6 Å². The van der Waals surface area contributed by atoms with Crippen molar-refractivity contribution in [2.75, 3.05) is 6.54 Å². The summed E-state index contributed by atoms with van der Waals surface area (Å²) in [7, 11) is 0. The summed E-state index contributed by atoms with van der Waals surface area (Å²) in [5, 5.41) is 6.72. The van der Waals surface area contributed by atoms with Gasteiger partial charge < -0.3 is 9.84 Å². The average molecular weight is 286 g/mol. The van der Waals surface area contributed by atoms with Gasteiger partial charge in [0.2, 0.25) is 0 Å². The number of hydrogen-bond acceptors (Lipinski definition) is 4. The smallest absolute Gasteiger partial charge is 0.261 e. The first-order valence-electron chi connectivity index (χ1n) is 5.87. The minimum absolute atomic E-state index is 0.0118. The average Bonchev–Trinajstić information content (AvgIpc) is 3.03. The Balaban J connectivity index is 1.96. The van der Waals surface area contributed by atoms with E-state index in [9.17, 15) is 8.78 Å². The fraction of sp³-hybridized carbons (Fsp3) is 0.333. The van der Waals surface area contributed by atoms with Crippen LogP contribution >= 0.6 is 11.6 Å². The first kappa shape index (κ1) is 12.5. The number of nitrogens with one attached hydrogen (secondary N) is 1. The molecule has 1 atom stereocenters. The van der Waals surface area contributed by atoms with E-state index in [-0.39, 0.29) is 22.5 Å². The molecule has 1 saturated heterocycles. The van der Waals surface area contributed by atoms with Crippen LogP contribution in [0.2, 0.25) is 5.02 Å². The van der Waals surface area contributed by atoms with E-state index in [1.165, 1.54) is 0 Å². The lowest BCUT2D eigenvalue weighted by atomic mass is 10.2. The maximum absolute atomic E-state index is 13.7. The second-order valence-electron chi connectivity index (χ2n) is 4.35. The fourth-order valence-corrected chi connectivity index (χ4v) is 2.23. The molecule has 0 amide bonds.